The summed E-state index contributed by atoms with van der Waals surface area (Å²) in [4.78, 5) is 11.7. The number of rotatable bonds is 6. The van der Waals surface area contributed by atoms with Crippen LogP contribution in [0.3, 0.4) is 0 Å². The van der Waals surface area contributed by atoms with Crippen LogP contribution in [0.1, 0.15) is 6.42 Å². The molecular weight excluding hydrogens is 244 g/mol. The average molecular weight is 264 g/mol. The smallest absolute Gasteiger partial charge is 0.222 e. The van der Waals surface area contributed by atoms with E-state index < -0.39 is 25.4 Å². The minimum absolute atomic E-state index is 0.113. The van der Waals surface area contributed by atoms with Crippen LogP contribution in [0.2, 0.25) is 0 Å². The van der Waals surface area contributed by atoms with Crippen LogP contribution in [0.5, 0.6) is 0 Å². The highest BCUT2D eigenvalue weighted by molar-refractivity contribution is 7.99. The fraction of sp³-hybridized carbons (Fsp3) is 0.900. The van der Waals surface area contributed by atoms with Crippen molar-refractivity contribution >= 4 is 17.7 Å². The Balaban J connectivity index is 2.41. The van der Waals surface area contributed by atoms with Crippen LogP contribution in [0.4, 0.5) is 0 Å². The van der Waals surface area contributed by atoms with Gasteiger partial charge in [-0.05, 0) is 0 Å². The van der Waals surface area contributed by atoms with Crippen molar-refractivity contribution < 1.29 is 20.1 Å². The van der Waals surface area contributed by atoms with E-state index in [0.29, 0.717) is 0 Å². The molecule has 7 heteroatoms. The van der Waals surface area contributed by atoms with Crippen molar-refractivity contribution in [1.29, 1.82) is 0 Å². The summed E-state index contributed by atoms with van der Waals surface area (Å²) < 4.78 is 0. The van der Waals surface area contributed by atoms with Crippen LogP contribution < -0.4 is 10.6 Å². The normalized spacial score (nSPS) is 21.2. The molecule has 17 heavy (non-hydrogen) atoms. The fourth-order valence-electron chi connectivity index (χ4n) is 1.59. The van der Waals surface area contributed by atoms with Crippen molar-refractivity contribution in [3.8, 4) is 0 Å². The van der Waals surface area contributed by atoms with Crippen molar-refractivity contribution in [2.24, 2.45) is 0 Å². The Morgan fingerprint density at radius 1 is 1.35 bits per heavy atom. The van der Waals surface area contributed by atoms with E-state index >= 15 is 0 Å². The zero-order valence-electron chi connectivity index (χ0n) is 9.69. The molecule has 0 saturated carbocycles. The Bertz CT molecular complexity index is 234. The summed E-state index contributed by atoms with van der Waals surface area (Å²) in [6.07, 6.45) is 0.286. The van der Waals surface area contributed by atoms with Gasteiger partial charge in [0.1, 0.15) is 5.54 Å². The number of aliphatic hydroxyl groups is 3. The maximum absolute atomic E-state index is 11.7. The van der Waals surface area contributed by atoms with Crippen LogP contribution in [0, 0.1) is 0 Å². The lowest BCUT2D eigenvalue weighted by molar-refractivity contribution is -0.125. The molecule has 100 valence electrons. The van der Waals surface area contributed by atoms with Crippen molar-refractivity contribution in [1.82, 2.24) is 10.6 Å². The van der Waals surface area contributed by atoms with Gasteiger partial charge in [-0.1, -0.05) is 0 Å². The Morgan fingerprint density at radius 3 is 2.47 bits per heavy atom. The molecule has 1 rings (SSSR count). The number of aliphatic hydroxyl groups excluding tert-OH is 3. The molecule has 0 bridgehead atoms. The largest absolute Gasteiger partial charge is 0.394 e. The number of nitrogens with one attached hydrogen (secondary N) is 2. The lowest BCUT2D eigenvalue weighted by Gasteiger charge is -2.30. The third-order valence-electron chi connectivity index (χ3n) is 2.74. The van der Waals surface area contributed by atoms with E-state index in [1.165, 1.54) is 0 Å². The number of hydrogen-bond donors (Lipinski definition) is 5. The summed E-state index contributed by atoms with van der Waals surface area (Å²) >= 11 is 1.79. The van der Waals surface area contributed by atoms with Crippen LogP contribution >= 0.6 is 11.8 Å². The van der Waals surface area contributed by atoms with Gasteiger partial charge in [0.05, 0.1) is 19.8 Å². The van der Waals surface area contributed by atoms with Gasteiger partial charge in [-0.25, -0.2) is 0 Å². The SMILES string of the molecule is O=C(CC1CSCCN1)NC(CO)(CO)CO. The molecule has 5 N–H and O–H groups in total. The number of amides is 1. The van der Waals surface area contributed by atoms with Crippen molar-refractivity contribution in [3.63, 3.8) is 0 Å². The quantitative estimate of drug-likeness (QED) is 0.377. The van der Waals surface area contributed by atoms with Crippen LogP contribution in [0.15, 0.2) is 0 Å². The standard InChI is InChI=1S/C10H20N2O4S/c13-5-10(6-14,7-15)12-9(16)3-8-4-17-2-1-11-8/h8,11,13-15H,1-7H2,(H,12,16). The van der Waals surface area contributed by atoms with Gasteiger partial charge in [0, 0.05) is 30.5 Å². The summed E-state index contributed by atoms with van der Waals surface area (Å²) in [5.74, 6) is 1.64. The van der Waals surface area contributed by atoms with Gasteiger partial charge in [-0.3, -0.25) is 4.79 Å². The Morgan fingerprint density at radius 2 is 2.00 bits per heavy atom. The van der Waals surface area contributed by atoms with Gasteiger partial charge < -0.3 is 26.0 Å². The minimum atomic E-state index is -1.32. The first-order valence-corrected chi connectivity index (χ1v) is 6.76. The second-order valence-corrected chi connectivity index (χ2v) is 5.38. The lowest BCUT2D eigenvalue weighted by Crippen LogP contribution is -2.58. The third-order valence-corrected chi connectivity index (χ3v) is 3.87. The van der Waals surface area contributed by atoms with Gasteiger partial charge in [0.2, 0.25) is 5.91 Å². The van der Waals surface area contributed by atoms with E-state index in [0.717, 1.165) is 18.1 Å². The number of carbonyl (C=O) groups excluding carboxylic acids is 1. The van der Waals surface area contributed by atoms with Gasteiger partial charge in [0.25, 0.3) is 0 Å². The van der Waals surface area contributed by atoms with E-state index in [1.807, 2.05) is 0 Å². The molecule has 0 spiro atoms. The van der Waals surface area contributed by atoms with Gasteiger partial charge in [-0.15, -0.1) is 0 Å². The third kappa shape index (κ3) is 4.44. The van der Waals surface area contributed by atoms with E-state index in [4.69, 9.17) is 15.3 Å². The molecule has 1 atom stereocenters. The average Bonchev–Trinajstić information content (AvgIpc) is 2.37. The summed E-state index contributed by atoms with van der Waals surface area (Å²) in [6, 6.07) is 0.113. The number of thioether (sulfide) groups is 1. The van der Waals surface area contributed by atoms with Crippen molar-refractivity contribution in [3.05, 3.63) is 0 Å². The van der Waals surface area contributed by atoms with Crippen molar-refractivity contribution in [2.75, 3.05) is 37.9 Å². The molecule has 0 aliphatic carbocycles. The van der Waals surface area contributed by atoms with E-state index in [-0.39, 0.29) is 18.4 Å². The maximum Gasteiger partial charge on any atom is 0.222 e. The molecule has 1 saturated heterocycles. The molecule has 0 aromatic rings. The lowest BCUT2D eigenvalue weighted by atomic mass is 10.0. The molecular formula is C10H20N2O4S. The second kappa shape index (κ2) is 7.17. The van der Waals surface area contributed by atoms with E-state index in [1.54, 1.807) is 11.8 Å². The van der Waals surface area contributed by atoms with Crippen LogP contribution in [-0.4, -0.2) is 70.7 Å². The highest BCUT2D eigenvalue weighted by Crippen LogP contribution is 2.11. The zero-order valence-corrected chi connectivity index (χ0v) is 10.5. The molecule has 0 aromatic carbocycles. The van der Waals surface area contributed by atoms with E-state index in [2.05, 4.69) is 10.6 Å². The molecule has 1 heterocycles. The highest BCUT2D eigenvalue weighted by Gasteiger charge is 2.30. The Kier molecular flexibility index (Phi) is 6.21. The predicted molar refractivity (Wildman–Crippen MR) is 65.9 cm³/mol. The maximum atomic E-state index is 11.7. The zero-order chi connectivity index (χ0) is 12.7. The number of carbonyl (C=O) groups is 1. The predicted octanol–water partition coefficient (Wildman–Crippen LogP) is -2.09. The van der Waals surface area contributed by atoms with Crippen molar-refractivity contribution in [2.45, 2.75) is 18.0 Å². The highest BCUT2D eigenvalue weighted by atomic mass is 32.2. The summed E-state index contributed by atoms with van der Waals surface area (Å²) in [7, 11) is 0. The first-order valence-electron chi connectivity index (χ1n) is 5.60. The molecule has 1 amide bonds. The van der Waals surface area contributed by atoms with Gasteiger partial charge in [0.15, 0.2) is 0 Å². The van der Waals surface area contributed by atoms with E-state index in [9.17, 15) is 4.79 Å². The fourth-order valence-corrected chi connectivity index (χ4v) is 2.54. The molecule has 0 radical (unpaired) electrons. The molecule has 1 aliphatic heterocycles. The second-order valence-electron chi connectivity index (χ2n) is 4.23. The van der Waals surface area contributed by atoms with Crippen LogP contribution in [-0.2, 0) is 4.79 Å². The summed E-state index contributed by atoms with van der Waals surface area (Å²) in [5.41, 5.74) is -1.32. The molecule has 1 aliphatic rings. The minimum Gasteiger partial charge on any atom is -0.394 e. The van der Waals surface area contributed by atoms with Gasteiger partial charge in [-0.2, -0.15) is 11.8 Å². The molecule has 6 nitrogen and oxygen atoms in total. The van der Waals surface area contributed by atoms with Crippen LogP contribution in [0.25, 0.3) is 0 Å². The Labute approximate surface area is 105 Å². The Hall–Kier alpha value is -0.340. The monoisotopic (exact) mass is 264 g/mol. The molecule has 0 aromatic heterocycles. The number of hydrogen-bond acceptors (Lipinski definition) is 6. The topological polar surface area (TPSA) is 102 Å². The molecule has 1 unspecified atom stereocenters. The first kappa shape index (κ1) is 14.7. The first-order chi connectivity index (χ1) is 8.15. The van der Waals surface area contributed by atoms with Gasteiger partial charge >= 0.3 is 0 Å². The summed E-state index contributed by atoms with van der Waals surface area (Å²) in [5, 5.41) is 32.9. The summed E-state index contributed by atoms with van der Waals surface area (Å²) in [6.45, 7) is -0.580. The molecule has 1 fully saturated rings.